The van der Waals surface area contributed by atoms with Gasteiger partial charge in [-0.3, -0.25) is 9.69 Å². The van der Waals surface area contributed by atoms with E-state index in [9.17, 15) is 9.90 Å². The van der Waals surface area contributed by atoms with E-state index < -0.39 is 0 Å². The van der Waals surface area contributed by atoms with Gasteiger partial charge in [-0.2, -0.15) is 0 Å². The summed E-state index contributed by atoms with van der Waals surface area (Å²) < 4.78 is 0. The fourth-order valence-electron chi connectivity index (χ4n) is 3.34. The molecule has 0 aromatic heterocycles. The molecule has 1 saturated carbocycles. The second-order valence-electron chi connectivity index (χ2n) is 6.86. The number of hydrogen-bond donors (Lipinski definition) is 2. The molecule has 3 rings (SSSR count). The van der Waals surface area contributed by atoms with E-state index in [0.29, 0.717) is 5.92 Å². The van der Waals surface area contributed by atoms with E-state index in [2.05, 4.69) is 40.5 Å². The predicted octanol–water partition coefficient (Wildman–Crippen LogP) is 3.42. The Labute approximate surface area is 149 Å². The van der Waals surface area contributed by atoms with Gasteiger partial charge >= 0.3 is 0 Å². The van der Waals surface area contributed by atoms with Gasteiger partial charge in [-0.1, -0.05) is 42.5 Å². The standard InChI is InChI=1S/C21H26N2O2/c1-16(25)22-20-9-5-8-18(12-20)14-23(21(15-24)19-10-11-19)13-17-6-3-2-4-7-17/h2-9,12,19,21,24H,10-11,13-15H2,1H3,(H,22,25). The third kappa shape index (κ3) is 5.15. The van der Waals surface area contributed by atoms with Crippen molar-refractivity contribution in [3.63, 3.8) is 0 Å². The monoisotopic (exact) mass is 338 g/mol. The molecule has 0 radical (unpaired) electrons. The van der Waals surface area contributed by atoms with E-state index in [-0.39, 0.29) is 18.6 Å². The Balaban J connectivity index is 1.78. The van der Waals surface area contributed by atoms with Crippen molar-refractivity contribution in [3.05, 3.63) is 65.7 Å². The van der Waals surface area contributed by atoms with Gasteiger partial charge in [0.15, 0.2) is 0 Å². The molecule has 0 heterocycles. The number of hydrogen-bond acceptors (Lipinski definition) is 3. The van der Waals surface area contributed by atoms with Gasteiger partial charge < -0.3 is 10.4 Å². The van der Waals surface area contributed by atoms with Crippen molar-refractivity contribution in [1.82, 2.24) is 4.90 Å². The van der Waals surface area contributed by atoms with E-state index in [4.69, 9.17) is 0 Å². The maximum atomic E-state index is 11.3. The van der Waals surface area contributed by atoms with Crippen LogP contribution in [0.2, 0.25) is 0 Å². The number of anilines is 1. The Hall–Kier alpha value is -2.17. The summed E-state index contributed by atoms with van der Waals surface area (Å²) in [4.78, 5) is 13.6. The normalized spacial score (nSPS) is 15.2. The van der Waals surface area contributed by atoms with Gasteiger partial charge in [-0.15, -0.1) is 0 Å². The van der Waals surface area contributed by atoms with Crippen LogP contribution in [0, 0.1) is 5.92 Å². The van der Waals surface area contributed by atoms with Crippen LogP contribution in [0.4, 0.5) is 5.69 Å². The summed E-state index contributed by atoms with van der Waals surface area (Å²) in [5.41, 5.74) is 3.21. The largest absolute Gasteiger partial charge is 0.395 e. The maximum Gasteiger partial charge on any atom is 0.221 e. The zero-order valence-corrected chi connectivity index (χ0v) is 14.7. The maximum absolute atomic E-state index is 11.3. The molecule has 1 aliphatic rings. The smallest absolute Gasteiger partial charge is 0.221 e. The number of amides is 1. The molecule has 1 unspecified atom stereocenters. The van der Waals surface area contributed by atoms with Crippen molar-refractivity contribution >= 4 is 11.6 Å². The molecule has 132 valence electrons. The summed E-state index contributed by atoms with van der Waals surface area (Å²) in [6.07, 6.45) is 2.39. The molecule has 1 fully saturated rings. The lowest BCUT2D eigenvalue weighted by atomic mass is 10.1. The first-order chi connectivity index (χ1) is 12.2. The third-order valence-corrected chi connectivity index (χ3v) is 4.68. The summed E-state index contributed by atoms with van der Waals surface area (Å²) in [5.74, 6) is 0.525. The highest BCUT2D eigenvalue weighted by Crippen LogP contribution is 2.36. The van der Waals surface area contributed by atoms with Crippen LogP contribution < -0.4 is 5.32 Å². The third-order valence-electron chi connectivity index (χ3n) is 4.68. The lowest BCUT2D eigenvalue weighted by molar-refractivity contribution is -0.114. The van der Waals surface area contributed by atoms with Gasteiger partial charge in [0.2, 0.25) is 5.91 Å². The van der Waals surface area contributed by atoms with Crippen molar-refractivity contribution in [1.29, 1.82) is 0 Å². The number of carbonyl (C=O) groups is 1. The fourth-order valence-corrected chi connectivity index (χ4v) is 3.34. The van der Waals surface area contributed by atoms with Crippen molar-refractivity contribution in [2.45, 2.75) is 38.9 Å². The number of benzene rings is 2. The van der Waals surface area contributed by atoms with Gasteiger partial charge in [-0.25, -0.2) is 0 Å². The molecule has 25 heavy (non-hydrogen) atoms. The summed E-state index contributed by atoms with van der Waals surface area (Å²) in [6.45, 7) is 3.27. The van der Waals surface area contributed by atoms with Crippen LogP contribution >= 0.6 is 0 Å². The molecule has 0 bridgehead atoms. The molecule has 1 aliphatic carbocycles. The van der Waals surface area contributed by atoms with Gasteiger partial charge in [0.25, 0.3) is 0 Å². The fraction of sp³-hybridized carbons (Fsp3) is 0.381. The van der Waals surface area contributed by atoms with Gasteiger partial charge in [0.05, 0.1) is 6.61 Å². The first-order valence-electron chi connectivity index (χ1n) is 8.91. The molecular formula is C21H26N2O2. The molecule has 1 atom stereocenters. The predicted molar refractivity (Wildman–Crippen MR) is 100 cm³/mol. The first kappa shape index (κ1) is 17.6. The van der Waals surface area contributed by atoms with E-state index >= 15 is 0 Å². The minimum absolute atomic E-state index is 0.0653. The van der Waals surface area contributed by atoms with Crippen LogP contribution in [0.15, 0.2) is 54.6 Å². The summed E-state index contributed by atoms with van der Waals surface area (Å²) in [6, 6.07) is 18.5. The molecule has 0 spiro atoms. The quantitative estimate of drug-likeness (QED) is 0.775. The number of aliphatic hydroxyl groups excluding tert-OH is 1. The molecule has 4 nitrogen and oxygen atoms in total. The molecular weight excluding hydrogens is 312 g/mol. The highest BCUT2D eigenvalue weighted by molar-refractivity contribution is 5.88. The van der Waals surface area contributed by atoms with Crippen LogP contribution in [-0.2, 0) is 17.9 Å². The molecule has 2 aromatic rings. The van der Waals surface area contributed by atoms with Crippen LogP contribution in [0.5, 0.6) is 0 Å². The number of nitrogens with one attached hydrogen (secondary N) is 1. The Morgan fingerprint density at radius 2 is 1.80 bits per heavy atom. The van der Waals surface area contributed by atoms with Crippen molar-refractivity contribution in [2.75, 3.05) is 11.9 Å². The summed E-state index contributed by atoms with van der Waals surface area (Å²) >= 11 is 0. The van der Waals surface area contributed by atoms with E-state index in [1.165, 1.54) is 25.3 Å². The lowest BCUT2D eigenvalue weighted by Gasteiger charge is -2.31. The highest BCUT2D eigenvalue weighted by atomic mass is 16.3. The van der Waals surface area contributed by atoms with Gasteiger partial charge in [-0.05, 0) is 42.0 Å². The van der Waals surface area contributed by atoms with Crippen molar-refractivity contribution in [3.8, 4) is 0 Å². The number of carbonyl (C=O) groups excluding carboxylic acids is 1. The van der Waals surface area contributed by atoms with Gasteiger partial charge in [0.1, 0.15) is 0 Å². The van der Waals surface area contributed by atoms with E-state index in [0.717, 1.165) is 24.3 Å². The average Bonchev–Trinajstić information content (AvgIpc) is 3.41. The number of aliphatic hydroxyl groups is 1. The molecule has 2 aromatic carbocycles. The van der Waals surface area contributed by atoms with Gasteiger partial charge in [0, 0.05) is 31.7 Å². The van der Waals surface area contributed by atoms with Crippen LogP contribution in [0.25, 0.3) is 0 Å². The second-order valence-corrected chi connectivity index (χ2v) is 6.86. The molecule has 4 heteroatoms. The first-order valence-corrected chi connectivity index (χ1v) is 8.91. The van der Waals surface area contributed by atoms with E-state index in [1.54, 1.807) is 0 Å². The van der Waals surface area contributed by atoms with Crippen LogP contribution in [0.3, 0.4) is 0 Å². The summed E-state index contributed by atoms with van der Waals surface area (Å²) in [5, 5.41) is 12.8. The SMILES string of the molecule is CC(=O)Nc1cccc(CN(Cc2ccccc2)C(CO)C2CC2)c1. The Morgan fingerprint density at radius 1 is 1.12 bits per heavy atom. The Kier molecular flexibility index (Phi) is 5.84. The Bertz CT molecular complexity index is 698. The van der Waals surface area contributed by atoms with E-state index in [1.807, 2.05) is 24.3 Å². The van der Waals surface area contributed by atoms with Crippen LogP contribution in [0.1, 0.15) is 30.9 Å². The molecule has 1 amide bonds. The molecule has 2 N–H and O–H groups in total. The average molecular weight is 338 g/mol. The molecule has 0 aliphatic heterocycles. The summed E-state index contributed by atoms with van der Waals surface area (Å²) in [7, 11) is 0. The number of nitrogens with zero attached hydrogens (tertiary/aromatic N) is 1. The van der Waals surface area contributed by atoms with Crippen molar-refractivity contribution in [2.24, 2.45) is 5.92 Å². The number of rotatable bonds is 8. The highest BCUT2D eigenvalue weighted by Gasteiger charge is 2.34. The zero-order valence-electron chi connectivity index (χ0n) is 14.7. The lowest BCUT2D eigenvalue weighted by Crippen LogP contribution is -2.38. The topological polar surface area (TPSA) is 52.6 Å². The second kappa shape index (κ2) is 8.28. The minimum Gasteiger partial charge on any atom is -0.395 e. The van der Waals surface area contributed by atoms with Crippen LogP contribution in [-0.4, -0.2) is 28.6 Å². The Morgan fingerprint density at radius 3 is 2.44 bits per heavy atom. The van der Waals surface area contributed by atoms with Crippen molar-refractivity contribution < 1.29 is 9.90 Å². The molecule has 0 saturated heterocycles. The zero-order chi connectivity index (χ0) is 17.6. The minimum atomic E-state index is -0.0653.